The molecule has 0 bridgehead atoms. The lowest BCUT2D eigenvalue weighted by molar-refractivity contribution is -0.858. The SMILES string of the molecule is C[NH+](C)CCCNC(=O)c1ccc(COc2cccc3c2OC(C)(C)C3)cc1. The maximum atomic E-state index is 12.2. The topological polar surface area (TPSA) is 52.0 Å². The van der Waals surface area contributed by atoms with Crippen LogP contribution in [0.5, 0.6) is 11.5 Å². The number of carbonyl (C=O) groups excluding carboxylic acids is 1. The van der Waals surface area contributed by atoms with Crippen molar-refractivity contribution in [2.75, 3.05) is 27.2 Å². The number of fused-ring (bicyclic) bond motifs is 1. The van der Waals surface area contributed by atoms with Gasteiger partial charge in [-0.15, -0.1) is 0 Å². The summed E-state index contributed by atoms with van der Waals surface area (Å²) < 4.78 is 12.0. The van der Waals surface area contributed by atoms with Crippen LogP contribution in [0.3, 0.4) is 0 Å². The third-order valence-electron chi connectivity index (χ3n) is 4.80. The van der Waals surface area contributed by atoms with E-state index in [-0.39, 0.29) is 11.5 Å². The second-order valence-corrected chi connectivity index (χ2v) is 8.34. The number of nitrogens with one attached hydrogen (secondary N) is 2. The molecule has 5 heteroatoms. The smallest absolute Gasteiger partial charge is 0.251 e. The summed E-state index contributed by atoms with van der Waals surface area (Å²) >= 11 is 0. The number of amides is 1. The average Bonchev–Trinajstić information content (AvgIpc) is 2.98. The zero-order chi connectivity index (χ0) is 20.1. The van der Waals surface area contributed by atoms with Gasteiger partial charge in [0, 0.05) is 30.5 Å². The highest BCUT2D eigenvalue weighted by Gasteiger charge is 2.32. The minimum Gasteiger partial charge on any atom is -0.485 e. The third-order valence-corrected chi connectivity index (χ3v) is 4.80. The Hall–Kier alpha value is -2.53. The van der Waals surface area contributed by atoms with E-state index < -0.39 is 0 Å². The number of hydrogen-bond acceptors (Lipinski definition) is 3. The molecule has 2 aromatic carbocycles. The van der Waals surface area contributed by atoms with E-state index in [9.17, 15) is 4.79 Å². The quantitative estimate of drug-likeness (QED) is 0.688. The summed E-state index contributed by atoms with van der Waals surface area (Å²) in [4.78, 5) is 13.6. The van der Waals surface area contributed by atoms with Gasteiger partial charge in [-0.3, -0.25) is 4.79 Å². The fourth-order valence-electron chi connectivity index (χ4n) is 3.36. The van der Waals surface area contributed by atoms with E-state index in [4.69, 9.17) is 9.47 Å². The first-order chi connectivity index (χ1) is 13.3. The standard InChI is InChI=1S/C23H30N2O3/c1-23(2)15-19-7-5-8-20(21(19)28-23)27-16-17-9-11-18(12-10-17)22(26)24-13-6-14-25(3)4/h5,7-12H,6,13-16H2,1-4H3,(H,24,26)/p+1. The van der Waals surface area contributed by atoms with Gasteiger partial charge < -0.3 is 19.7 Å². The van der Waals surface area contributed by atoms with E-state index in [0.29, 0.717) is 18.7 Å². The molecule has 0 saturated carbocycles. The van der Waals surface area contributed by atoms with Crippen LogP contribution in [0.1, 0.15) is 41.8 Å². The molecule has 0 radical (unpaired) electrons. The molecule has 1 amide bonds. The normalized spacial score (nSPS) is 14.5. The van der Waals surface area contributed by atoms with Crippen molar-refractivity contribution in [3.63, 3.8) is 0 Å². The molecule has 0 saturated heterocycles. The molecule has 1 aliphatic heterocycles. The zero-order valence-electron chi connectivity index (χ0n) is 17.3. The van der Waals surface area contributed by atoms with Crippen molar-refractivity contribution in [3.05, 3.63) is 59.2 Å². The molecule has 0 aromatic heterocycles. The molecule has 1 aliphatic rings. The number of benzene rings is 2. The number of para-hydroxylation sites is 1. The van der Waals surface area contributed by atoms with E-state index in [1.807, 2.05) is 36.4 Å². The maximum absolute atomic E-state index is 12.2. The minimum atomic E-state index is -0.190. The van der Waals surface area contributed by atoms with Gasteiger partial charge in [-0.2, -0.15) is 0 Å². The average molecular weight is 384 g/mol. The Bertz CT molecular complexity index is 813. The van der Waals surface area contributed by atoms with Gasteiger partial charge >= 0.3 is 0 Å². The van der Waals surface area contributed by atoms with Gasteiger partial charge in [0.1, 0.15) is 12.2 Å². The first-order valence-electron chi connectivity index (χ1n) is 9.94. The maximum Gasteiger partial charge on any atom is 0.251 e. The highest BCUT2D eigenvalue weighted by molar-refractivity contribution is 5.94. The predicted molar refractivity (Wildman–Crippen MR) is 110 cm³/mol. The summed E-state index contributed by atoms with van der Waals surface area (Å²) in [7, 11) is 4.22. The fourth-order valence-corrected chi connectivity index (χ4v) is 3.36. The molecule has 1 heterocycles. The number of ether oxygens (including phenoxy) is 2. The van der Waals surface area contributed by atoms with Crippen LogP contribution in [-0.4, -0.2) is 38.7 Å². The molecule has 0 unspecified atom stereocenters. The second kappa shape index (κ2) is 8.65. The summed E-state index contributed by atoms with van der Waals surface area (Å²) in [5, 5.41) is 2.97. The fraction of sp³-hybridized carbons (Fsp3) is 0.435. The van der Waals surface area contributed by atoms with Crippen LogP contribution in [0, 0.1) is 0 Å². The molecule has 0 spiro atoms. The van der Waals surface area contributed by atoms with Crippen molar-refractivity contribution in [1.29, 1.82) is 0 Å². The lowest BCUT2D eigenvalue weighted by Gasteiger charge is -2.18. The Morgan fingerprint density at radius 3 is 2.64 bits per heavy atom. The Morgan fingerprint density at radius 2 is 1.93 bits per heavy atom. The van der Waals surface area contributed by atoms with E-state index in [0.717, 1.165) is 36.4 Å². The van der Waals surface area contributed by atoms with Gasteiger partial charge in [-0.1, -0.05) is 24.3 Å². The van der Waals surface area contributed by atoms with Gasteiger partial charge in [0.2, 0.25) is 0 Å². The first kappa shape index (κ1) is 20.2. The summed E-state index contributed by atoms with van der Waals surface area (Å²) in [6.45, 7) is 6.35. The van der Waals surface area contributed by atoms with Crippen LogP contribution in [-0.2, 0) is 13.0 Å². The summed E-state index contributed by atoms with van der Waals surface area (Å²) in [6.07, 6.45) is 1.86. The van der Waals surface area contributed by atoms with Crippen molar-refractivity contribution in [2.45, 2.75) is 38.9 Å². The lowest BCUT2D eigenvalue weighted by Crippen LogP contribution is -3.05. The van der Waals surface area contributed by atoms with Gasteiger partial charge in [-0.25, -0.2) is 0 Å². The number of hydrogen-bond donors (Lipinski definition) is 2. The molecule has 28 heavy (non-hydrogen) atoms. The van der Waals surface area contributed by atoms with Crippen molar-refractivity contribution < 1.29 is 19.2 Å². The van der Waals surface area contributed by atoms with Crippen LogP contribution < -0.4 is 19.7 Å². The van der Waals surface area contributed by atoms with Gasteiger partial charge in [0.05, 0.1) is 20.6 Å². The summed E-state index contributed by atoms with van der Waals surface area (Å²) in [6, 6.07) is 13.6. The predicted octanol–water partition coefficient (Wildman–Crippen LogP) is 2.24. The van der Waals surface area contributed by atoms with Crippen LogP contribution >= 0.6 is 0 Å². The first-order valence-corrected chi connectivity index (χ1v) is 9.94. The Morgan fingerprint density at radius 1 is 1.18 bits per heavy atom. The summed E-state index contributed by atoms with van der Waals surface area (Å²) in [5.41, 5.74) is 2.68. The van der Waals surface area contributed by atoms with Crippen molar-refractivity contribution in [3.8, 4) is 11.5 Å². The van der Waals surface area contributed by atoms with Gasteiger partial charge in [-0.05, 0) is 37.6 Å². The molecule has 3 rings (SSSR count). The Kier molecular flexibility index (Phi) is 6.25. The second-order valence-electron chi connectivity index (χ2n) is 8.34. The third kappa shape index (κ3) is 5.26. The number of rotatable bonds is 8. The number of carbonyl (C=O) groups is 1. The van der Waals surface area contributed by atoms with Crippen LogP contribution in [0.15, 0.2) is 42.5 Å². The molecule has 150 valence electrons. The molecular formula is C23H31N2O3+. The highest BCUT2D eigenvalue weighted by atomic mass is 16.5. The van der Waals surface area contributed by atoms with Gasteiger partial charge in [0.15, 0.2) is 11.5 Å². The van der Waals surface area contributed by atoms with E-state index in [1.54, 1.807) is 0 Å². The zero-order valence-corrected chi connectivity index (χ0v) is 17.3. The molecule has 5 nitrogen and oxygen atoms in total. The molecule has 2 aromatic rings. The van der Waals surface area contributed by atoms with E-state index in [2.05, 4.69) is 39.3 Å². The van der Waals surface area contributed by atoms with Crippen LogP contribution in [0.4, 0.5) is 0 Å². The van der Waals surface area contributed by atoms with Crippen LogP contribution in [0.2, 0.25) is 0 Å². The number of quaternary nitrogens is 1. The largest absolute Gasteiger partial charge is 0.485 e. The van der Waals surface area contributed by atoms with Crippen molar-refractivity contribution >= 4 is 5.91 Å². The highest BCUT2D eigenvalue weighted by Crippen LogP contribution is 2.41. The minimum absolute atomic E-state index is 0.0299. The monoisotopic (exact) mass is 383 g/mol. The molecule has 2 N–H and O–H groups in total. The molecule has 0 fully saturated rings. The molecule has 0 atom stereocenters. The van der Waals surface area contributed by atoms with Crippen molar-refractivity contribution in [2.24, 2.45) is 0 Å². The lowest BCUT2D eigenvalue weighted by atomic mass is 10.0. The van der Waals surface area contributed by atoms with Gasteiger partial charge in [0.25, 0.3) is 5.91 Å². The summed E-state index contributed by atoms with van der Waals surface area (Å²) in [5.74, 6) is 1.59. The molecular weight excluding hydrogens is 352 g/mol. The van der Waals surface area contributed by atoms with E-state index >= 15 is 0 Å². The Balaban J connectivity index is 1.53. The van der Waals surface area contributed by atoms with Crippen molar-refractivity contribution in [1.82, 2.24) is 5.32 Å². The van der Waals surface area contributed by atoms with Crippen LogP contribution in [0.25, 0.3) is 0 Å². The Labute approximate surface area is 167 Å². The van der Waals surface area contributed by atoms with E-state index in [1.165, 1.54) is 10.5 Å². The molecule has 0 aliphatic carbocycles.